The third-order valence-corrected chi connectivity index (χ3v) is 5.68. The van der Waals surface area contributed by atoms with Gasteiger partial charge in [-0.25, -0.2) is 9.78 Å². The summed E-state index contributed by atoms with van der Waals surface area (Å²) in [6.07, 6.45) is 1.80. The molecule has 1 heterocycles. The smallest absolute Gasteiger partial charge is 0.321 e. The third kappa shape index (κ3) is 5.36. The average molecular weight is 392 g/mol. The molecule has 0 saturated carbocycles. The number of thioether (sulfide) groups is 1. The van der Waals surface area contributed by atoms with Crippen molar-refractivity contribution in [2.45, 2.75) is 30.7 Å². The van der Waals surface area contributed by atoms with E-state index in [2.05, 4.69) is 47.6 Å². The van der Waals surface area contributed by atoms with E-state index in [9.17, 15) is 4.79 Å². The van der Waals surface area contributed by atoms with Crippen LogP contribution in [0.3, 0.4) is 0 Å². The summed E-state index contributed by atoms with van der Waals surface area (Å²) in [6.45, 7) is 4.09. The highest BCUT2D eigenvalue weighted by Crippen LogP contribution is 2.23. The zero-order valence-corrected chi connectivity index (χ0v) is 17.2. The normalized spacial score (nSPS) is 11.7. The number of hydrogen-bond acceptors (Lipinski definition) is 3. The Labute approximate surface area is 171 Å². The summed E-state index contributed by atoms with van der Waals surface area (Å²) in [7, 11) is 1.82. The molecule has 5 heteroatoms. The van der Waals surface area contributed by atoms with E-state index < -0.39 is 0 Å². The molecule has 4 nitrogen and oxygen atoms in total. The molecule has 0 bridgehead atoms. The molecule has 0 fully saturated rings. The summed E-state index contributed by atoms with van der Waals surface area (Å²) in [6, 6.07) is 22.0. The first-order valence-corrected chi connectivity index (χ1v) is 10.2. The molecule has 2 aromatic carbocycles. The Bertz CT molecular complexity index is 913. The number of nitrogens with zero attached hydrogens (tertiary/aromatic N) is 2. The molecule has 2 amide bonds. The Morgan fingerprint density at radius 3 is 2.61 bits per heavy atom. The van der Waals surface area contributed by atoms with Crippen molar-refractivity contribution in [1.29, 1.82) is 0 Å². The van der Waals surface area contributed by atoms with Gasteiger partial charge in [0.1, 0.15) is 0 Å². The molecule has 28 heavy (non-hydrogen) atoms. The van der Waals surface area contributed by atoms with Gasteiger partial charge in [-0.2, -0.15) is 0 Å². The first-order chi connectivity index (χ1) is 13.5. The van der Waals surface area contributed by atoms with Crippen LogP contribution in [0.2, 0.25) is 0 Å². The van der Waals surface area contributed by atoms with Gasteiger partial charge in [0.15, 0.2) is 0 Å². The van der Waals surface area contributed by atoms with Crippen LogP contribution in [0.15, 0.2) is 78.0 Å². The number of pyridine rings is 1. The fourth-order valence-corrected chi connectivity index (χ4v) is 3.59. The predicted molar refractivity (Wildman–Crippen MR) is 117 cm³/mol. The second-order valence-electron chi connectivity index (χ2n) is 6.78. The van der Waals surface area contributed by atoms with Gasteiger partial charge in [0, 0.05) is 24.7 Å². The lowest BCUT2D eigenvalue weighted by Crippen LogP contribution is -2.33. The van der Waals surface area contributed by atoms with Crippen molar-refractivity contribution in [1.82, 2.24) is 9.88 Å². The van der Waals surface area contributed by atoms with Crippen LogP contribution in [-0.2, 0) is 5.75 Å². The van der Waals surface area contributed by atoms with Crippen molar-refractivity contribution >= 4 is 23.5 Å². The quantitative estimate of drug-likeness (QED) is 0.532. The van der Waals surface area contributed by atoms with Crippen LogP contribution in [-0.4, -0.2) is 23.0 Å². The second-order valence-corrected chi connectivity index (χ2v) is 7.78. The van der Waals surface area contributed by atoms with Crippen molar-refractivity contribution in [2.75, 3.05) is 12.4 Å². The monoisotopic (exact) mass is 391 g/mol. The number of amides is 2. The minimum atomic E-state index is -0.123. The lowest BCUT2D eigenvalue weighted by molar-refractivity contribution is 0.208. The maximum atomic E-state index is 12.7. The van der Waals surface area contributed by atoms with E-state index in [4.69, 9.17) is 0 Å². The number of anilines is 1. The van der Waals surface area contributed by atoms with Gasteiger partial charge in [-0.1, -0.05) is 48.0 Å². The minimum absolute atomic E-state index is 0.0107. The van der Waals surface area contributed by atoms with Crippen LogP contribution >= 0.6 is 11.8 Å². The Morgan fingerprint density at radius 1 is 1.11 bits per heavy atom. The standard InChI is InChI=1S/C23H25N3OS/c1-17-10-12-20(13-11-17)18(2)26(3)23(27)25-21-8-6-7-19(15-21)16-28-22-9-4-5-14-24-22/h4-15,18H,16H2,1-3H3,(H,25,27). The molecule has 0 saturated heterocycles. The van der Waals surface area contributed by atoms with Crippen molar-refractivity contribution in [2.24, 2.45) is 0 Å². The number of carbonyl (C=O) groups excluding carboxylic acids is 1. The highest BCUT2D eigenvalue weighted by Gasteiger charge is 2.17. The Kier molecular flexibility index (Phi) is 6.71. The number of nitrogens with one attached hydrogen (secondary N) is 1. The molecule has 0 radical (unpaired) electrons. The SMILES string of the molecule is Cc1ccc(C(C)N(C)C(=O)Nc2cccc(CSc3ccccn3)c2)cc1. The predicted octanol–water partition coefficient (Wildman–Crippen LogP) is 5.91. The van der Waals surface area contributed by atoms with Gasteiger partial charge in [0.05, 0.1) is 11.1 Å². The largest absolute Gasteiger partial charge is 0.322 e. The van der Waals surface area contributed by atoms with E-state index in [1.54, 1.807) is 22.9 Å². The fourth-order valence-electron chi connectivity index (χ4n) is 2.78. The molecule has 1 atom stereocenters. The van der Waals surface area contributed by atoms with Gasteiger partial charge in [0.2, 0.25) is 0 Å². The van der Waals surface area contributed by atoms with E-state index >= 15 is 0 Å². The van der Waals surface area contributed by atoms with E-state index in [1.807, 2.05) is 50.4 Å². The highest BCUT2D eigenvalue weighted by molar-refractivity contribution is 7.98. The summed E-state index contributed by atoms with van der Waals surface area (Å²) in [4.78, 5) is 18.7. The Hall–Kier alpha value is -2.79. The molecule has 0 aliphatic rings. The lowest BCUT2D eigenvalue weighted by Gasteiger charge is -2.26. The van der Waals surface area contributed by atoms with Crippen LogP contribution in [0.1, 0.15) is 29.7 Å². The van der Waals surface area contributed by atoms with Crippen LogP contribution in [0, 0.1) is 6.92 Å². The van der Waals surface area contributed by atoms with E-state index in [0.29, 0.717) is 0 Å². The van der Waals surface area contributed by atoms with Crippen LogP contribution < -0.4 is 5.32 Å². The molecule has 3 rings (SSSR count). The van der Waals surface area contributed by atoms with E-state index in [1.165, 1.54) is 5.56 Å². The van der Waals surface area contributed by atoms with E-state index in [-0.39, 0.29) is 12.1 Å². The van der Waals surface area contributed by atoms with Crippen LogP contribution in [0.5, 0.6) is 0 Å². The van der Waals surface area contributed by atoms with Crippen LogP contribution in [0.25, 0.3) is 0 Å². The number of hydrogen-bond donors (Lipinski definition) is 1. The van der Waals surface area contributed by atoms with Gasteiger partial charge >= 0.3 is 6.03 Å². The lowest BCUT2D eigenvalue weighted by atomic mass is 10.1. The first-order valence-electron chi connectivity index (χ1n) is 9.26. The average Bonchev–Trinajstić information content (AvgIpc) is 2.73. The molecule has 1 aromatic heterocycles. The Balaban J connectivity index is 1.61. The van der Waals surface area contributed by atoms with Crippen molar-refractivity contribution < 1.29 is 4.79 Å². The molecule has 1 unspecified atom stereocenters. The van der Waals surface area contributed by atoms with Crippen LogP contribution in [0.4, 0.5) is 10.5 Å². The summed E-state index contributed by atoms with van der Waals surface area (Å²) in [5, 5.41) is 3.99. The number of urea groups is 1. The third-order valence-electron chi connectivity index (χ3n) is 4.66. The van der Waals surface area contributed by atoms with Gasteiger partial charge in [-0.05, 0) is 49.2 Å². The van der Waals surface area contributed by atoms with Gasteiger partial charge < -0.3 is 10.2 Å². The molecule has 144 valence electrons. The topological polar surface area (TPSA) is 45.2 Å². The molecule has 0 aliphatic carbocycles. The number of carbonyl (C=O) groups is 1. The van der Waals surface area contributed by atoms with Crippen molar-refractivity contribution in [3.05, 3.63) is 89.6 Å². The van der Waals surface area contributed by atoms with Gasteiger partial charge in [-0.3, -0.25) is 0 Å². The van der Waals surface area contributed by atoms with Gasteiger partial charge in [-0.15, -0.1) is 11.8 Å². The fraction of sp³-hybridized carbons (Fsp3) is 0.217. The molecule has 0 spiro atoms. The zero-order chi connectivity index (χ0) is 19.9. The maximum absolute atomic E-state index is 12.7. The first kappa shape index (κ1) is 20.0. The number of rotatable bonds is 6. The number of benzene rings is 2. The molecule has 1 N–H and O–H groups in total. The maximum Gasteiger partial charge on any atom is 0.322 e. The summed E-state index contributed by atoms with van der Waals surface area (Å²) < 4.78 is 0. The molecular weight excluding hydrogens is 366 g/mol. The summed E-state index contributed by atoms with van der Waals surface area (Å²) >= 11 is 1.68. The summed E-state index contributed by atoms with van der Waals surface area (Å²) in [5.41, 5.74) is 4.27. The van der Waals surface area contributed by atoms with Crippen molar-refractivity contribution in [3.63, 3.8) is 0 Å². The number of aromatic nitrogens is 1. The number of aryl methyl sites for hydroxylation is 1. The highest BCUT2D eigenvalue weighted by atomic mass is 32.2. The minimum Gasteiger partial charge on any atom is -0.321 e. The summed E-state index contributed by atoms with van der Waals surface area (Å²) in [5.74, 6) is 0.802. The van der Waals surface area contributed by atoms with Gasteiger partial charge in [0.25, 0.3) is 0 Å². The molecule has 0 aliphatic heterocycles. The van der Waals surface area contributed by atoms with Crippen molar-refractivity contribution in [3.8, 4) is 0 Å². The molecule has 3 aromatic rings. The Morgan fingerprint density at radius 2 is 1.89 bits per heavy atom. The molecular formula is C23H25N3OS. The van der Waals surface area contributed by atoms with E-state index in [0.717, 1.165) is 27.6 Å². The second kappa shape index (κ2) is 9.42. The zero-order valence-electron chi connectivity index (χ0n) is 16.4.